The maximum Gasteiger partial charge on any atom is 0.173 e. The van der Waals surface area contributed by atoms with Gasteiger partial charge in [0.2, 0.25) is 0 Å². The Hall–Kier alpha value is -1.34. The van der Waals surface area contributed by atoms with Crippen molar-refractivity contribution in [1.29, 1.82) is 0 Å². The van der Waals surface area contributed by atoms with E-state index in [9.17, 15) is 0 Å². The Morgan fingerprint density at radius 2 is 2.10 bits per heavy atom. The van der Waals surface area contributed by atoms with Gasteiger partial charge in [-0.25, -0.2) is 0 Å². The number of aromatic nitrogens is 2. The van der Waals surface area contributed by atoms with Crippen molar-refractivity contribution >= 4 is 17.6 Å². The maximum atomic E-state index is 8.99. The van der Waals surface area contributed by atoms with E-state index in [0.29, 0.717) is 17.2 Å². The van der Waals surface area contributed by atoms with Gasteiger partial charge in [0, 0.05) is 19.5 Å². The molecule has 1 aromatic rings. The van der Waals surface area contributed by atoms with Crippen LogP contribution in [-0.2, 0) is 17.6 Å². The average Bonchev–Trinajstić information content (AvgIpc) is 2.49. The molecule has 1 rings (SSSR count). The summed E-state index contributed by atoms with van der Waals surface area (Å²) in [5.74, 6) is 0.948. The van der Waals surface area contributed by atoms with Gasteiger partial charge in [0.15, 0.2) is 5.84 Å². The van der Waals surface area contributed by atoms with Crippen molar-refractivity contribution in [3.05, 3.63) is 16.8 Å². The fraction of sp³-hybridized carbons (Fsp3) is 0.615. The van der Waals surface area contributed by atoms with Gasteiger partial charge in [-0.1, -0.05) is 19.0 Å². The number of oxime groups is 1. The lowest BCUT2D eigenvalue weighted by Gasteiger charge is -2.13. The van der Waals surface area contributed by atoms with Crippen molar-refractivity contribution in [1.82, 2.24) is 10.2 Å². The largest absolute Gasteiger partial charge is 0.409 e. The Labute approximate surface area is 123 Å². The number of methoxy groups -OCH3 is 1. The number of aryl methyl sites for hydroxylation is 1. The van der Waals surface area contributed by atoms with E-state index in [-0.39, 0.29) is 5.84 Å². The van der Waals surface area contributed by atoms with Gasteiger partial charge in [-0.05, 0) is 24.8 Å². The van der Waals surface area contributed by atoms with E-state index >= 15 is 0 Å². The minimum absolute atomic E-state index is 0.0979. The zero-order valence-corrected chi connectivity index (χ0v) is 13.0. The summed E-state index contributed by atoms with van der Waals surface area (Å²) < 4.78 is 5.02. The Bertz CT molecular complexity index is 466. The molecular formula is C13H22N4O2S. The highest BCUT2D eigenvalue weighted by atomic mass is 32.2. The number of nitrogens with two attached hydrogens (primary N) is 1. The normalized spacial score (nSPS) is 11.8. The van der Waals surface area contributed by atoms with Crippen molar-refractivity contribution in [3.63, 3.8) is 0 Å². The summed E-state index contributed by atoms with van der Waals surface area (Å²) in [5, 5.41) is 21.3. The van der Waals surface area contributed by atoms with Gasteiger partial charge in [-0.2, -0.15) is 5.10 Å². The predicted molar refractivity (Wildman–Crippen MR) is 80.5 cm³/mol. The van der Waals surface area contributed by atoms with Crippen LogP contribution < -0.4 is 5.73 Å². The van der Waals surface area contributed by atoms with Gasteiger partial charge in [-0.3, -0.25) is 0 Å². The van der Waals surface area contributed by atoms with E-state index in [0.717, 1.165) is 36.3 Å². The summed E-state index contributed by atoms with van der Waals surface area (Å²) in [7, 11) is 1.68. The lowest BCUT2D eigenvalue weighted by molar-refractivity contribution is 0.200. The van der Waals surface area contributed by atoms with E-state index in [2.05, 4.69) is 15.4 Å². The molecule has 0 atom stereocenters. The summed E-state index contributed by atoms with van der Waals surface area (Å²) in [6.45, 7) is 4.75. The molecule has 0 aromatic carbocycles. The molecule has 0 amide bonds. The number of amidine groups is 1. The predicted octanol–water partition coefficient (Wildman–Crippen LogP) is 1.82. The molecule has 0 radical (unpaired) electrons. The first kappa shape index (κ1) is 16.7. The molecule has 7 heteroatoms. The second-order valence-corrected chi connectivity index (χ2v) is 5.28. The van der Waals surface area contributed by atoms with Gasteiger partial charge >= 0.3 is 0 Å². The molecule has 0 unspecified atom stereocenters. The van der Waals surface area contributed by atoms with Crippen molar-refractivity contribution < 1.29 is 9.94 Å². The Kier molecular flexibility index (Phi) is 7.32. The summed E-state index contributed by atoms with van der Waals surface area (Å²) in [6.07, 6.45) is 2.46. The van der Waals surface area contributed by atoms with Crippen LogP contribution in [0.1, 0.15) is 37.1 Å². The lowest BCUT2D eigenvalue weighted by atomic mass is 10.0. The molecule has 0 fully saturated rings. The maximum absolute atomic E-state index is 8.99. The highest BCUT2D eigenvalue weighted by molar-refractivity contribution is 7.99. The van der Waals surface area contributed by atoms with Crippen LogP contribution in [0.15, 0.2) is 10.2 Å². The third-order valence-electron chi connectivity index (χ3n) is 2.91. The standard InChI is InChI=1S/C13H22N4O2S/c1-4-9-10(5-2)15-16-13(11(9)12(14)17-18)20-8-6-7-19-3/h18H,4-8H2,1-3H3,(H2,14,17). The molecule has 3 N–H and O–H groups in total. The summed E-state index contributed by atoms with van der Waals surface area (Å²) in [5.41, 5.74) is 8.44. The summed E-state index contributed by atoms with van der Waals surface area (Å²) >= 11 is 1.55. The topological polar surface area (TPSA) is 93.6 Å². The minimum atomic E-state index is 0.0979. The third-order valence-corrected chi connectivity index (χ3v) is 3.96. The fourth-order valence-corrected chi connectivity index (χ4v) is 2.87. The number of hydrogen-bond donors (Lipinski definition) is 2. The molecule has 20 heavy (non-hydrogen) atoms. The zero-order valence-electron chi connectivity index (χ0n) is 12.2. The molecular weight excluding hydrogens is 276 g/mol. The minimum Gasteiger partial charge on any atom is -0.409 e. The number of nitrogens with zero attached hydrogens (tertiary/aromatic N) is 3. The fourth-order valence-electron chi connectivity index (χ4n) is 1.94. The van der Waals surface area contributed by atoms with Gasteiger partial charge in [0.1, 0.15) is 5.03 Å². The molecule has 112 valence electrons. The lowest BCUT2D eigenvalue weighted by Crippen LogP contribution is -2.20. The van der Waals surface area contributed by atoms with Crippen LogP contribution in [0.2, 0.25) is 0 Å². The van der Waals surface area contributed by atoms with Gasteiger partial charge in [0.25, 0.3) is 0 Å². The molecule has 0 saturated carbocycles. The highest BCUT2D eigenvalue weighted by Gasteiger charge is 2.18. The van der Waals surface area contributed by atoms with Gasteiger partial charge in [0.05, 0.1) is 11.3 Å². The summed E-state index contributed by atoms with van der Waals surface area (Å²) in [6, 6.07) is 0. The number of thioether (sulfide) groups is 1. The Morgan fingerprint density at radius 1 is 1.35 bits per heavy atom. The monoisotopic (exact) mass is 298 g/mol. The highest BCUT2D eigenvalue weighted by Crippen LogP contribution is 2.25. The van der Waals surface area contributed by atoms with Crippen molar-refractivity contribution in [2.24, 2.45) is 10.9 Å². The van der Waals surface area contributed by atoms with E-state index in [1.54, 1.807) is 18.9 Å². The van der Waals surface area contributed by atoms with E-state index in [1.165, 1.54) is 0 Å². The quantitative estimate of drug-likeness (QED) is 0.190. The molecule has 0 aliphatic rings. The third kappa shape index (κ3) is 4.08. The zero-order chi connectivity index (χ0) is 15.0. The van der Waals surface area contributed by atoms with E-state index < -0.39 is 0 Å². The molecule has 0 spiro atoms. The second kappa shape index (κ2) is 8.76. The first-order valence-electron chi connectivity index (χ1n) is 6.67. The molecule has 0 saturated heterocycles. The first-order chi connectivity index (χ1) is 9.69. The number of ether oxygens (including phenoxy) is 1. The van der Waals surface area contributed by atoms with Gasteiger partial charge < -0.3 is 15.7 Å². The second-order valence-electron chi connectivity index (χ2n) is 4.19. The molecule has 1 heterocycles. The van der Waals surface area contributed by atoms with Crippen LogP contribution in [-0.4, -0.2) is 40.7 Å². The van der Waals surface area contributed by atoms with Crippen LogP contribution in [0.3, 0.4) is 0 Å². The Morgan fingerprint density at radius 3 is 2.65 bits per heavy atom. The van der Waals surface area contributed by atoms with Crippen molar-refractivity contribution in [3.8, 4) is 0 Å². The SMILES string of the molecule is CCc1nnc(SCCCOC)c(C(N)=NO)c1CC. The molecule has 6 nitrogen and oxygen atoms in total. The molecule has 0 bridgehead atoms. The van der Waals surface area contributed by atoms with E-state index in [4.69, 9.17) is 15.7 Å². The van der Waals surface area contributed by atoms with Crippen molar-refractivity contribution in [2.45, 2.75) is 38.1 Å². The van der Waals surface area contributed by atoms with Crippen LogP contribution in [0, 0.1) is 0 Å². The first-order valence-corrected chi connectivity index (χ1v) is 7.66. The smallest absolute Gasteiger partial charge is 0.173 e. The van der Waals surface area contributed by atoms with Crippen LogP contribution in [0.4, 0.5) is 0 Å². The number of hydrogen-bond acceptors (Lipinski definition) is 6. The summed E-state index contributed by atoms with van der Waals surface area (Å²) in [4.78, 5) is 0. The molecule has 1 aromatic heterocycles. The molecule has 0 aliphatic heterocycles. The average molecular weight is 298 g/mol. The van der Waals surface area contributed by atoms with Gasteiger partial charge in [-0.15, -0.1) is 16.9 Å². The molecule has 0 aliphatic carbocycles. The van der Waals surface area contributed by atoms with Crippen LogP contribution in [0.5, 0.6) is 0 Å². The number of rotatable bonds is 8. The van der Waals surface area contributed by atoms with E-state index in [1.807, 2.05) is 13.8 Å². The van der Waals surface area contributed by atoms with Crippen LogP contribution in [0.25, 0.3) is 0 Å². The Balaban J connectivity index is 3.09. The van der Waals surface area contributed by atoms with Crippen LogP contribution >= 0.6 is 11.8 Å². The van der Waals surface area contributed by atoms with Crippen molar-refractivity contribution in [2.75, 3.05) is 19.5 Å².